The highest BCUT2D eigenvalue weighted by Crippen LogP contribution is 2.64. The Morgan fingerprint density at radius 2 is 1.79 bits per heavy atom. The molecule has 4 fully saturated rings. The second kappa shape index (κ2) is 7.59. The summed E-state index contributed by atoms with van der Waals surface area (Å²) in [4.78, 5) is 26.2. The van der Waals surface area contributed by atoms with Crippen LogP contribution in [0.2, 0.25) is 0 Å². The molecule has 2 unspecified atom stereocenters. The lowest BCUT2D eigenvalue weighted by Gasteiger charge is -2.60. The summed E-state index contributed by atoms with van der Waals surface area (Å²) in [5, 5.41) is 12.2. The van der Waals surface area contributed by atoms with Crippen molar-refractivity contribution < 1.29 is 9.59 Å². The van der Waals surface area contributed by atoms with E-state index in [9.17, 15) is 9.59 Å². The third-order valence-corrected chi connectivity index (χ3v) is 8.22. The zero-order valence-electron chi connectivity index (χ0n) is 18.6. The number of carbonyl (C=O) groups excluding carboxylic acids is 2. The predicted molar refractivity (Wildman–Crippen MR) is 125 cm³/mol. The van der Waals surface area contributed by atoms with Gasteiger partial charge in [0.05, 0.1) is 28.4 Å². The van der Waals surface area contributed by atoms with Gasteiger partial charge in [0.1, 0.15) is 0 Å². The second-order valence-corrected chi connectivity index (χ2v) is 10.5. The lowest BCUT2D eigenvalue weighted by molar-refractivity contribution is -0.0919. The summed E-state index contributed by atoms with van der Waals surface area (Å²) in [5.41, 5.74) is 3.45. The summed E-state index contributed by atoms with van der Waals surface area (Å²) in [7, 11) is 0. The molecule has 0 radical (unpaired) electrons. The SMILES string of the molecule is N#Cc1ccc(C(=O)c2ccc3c(C(=O)NCC4CC5CC6CC(C4)(C5)C6)cccn23)cc1. The van der Waals surface area contributed by atoms with Crippen molar-refractivity contribution in [3.05, 3.63) is 77.1 Å². The van der Waals surface area contributed by atoms with Gasteiger partial charge in [-0.1, -0.05) is 0 Å². The zero-order valence-corrected chi connectivity index (χ0v) is 18.6. The minimum atomic E-state index is -0.135. The minimum absolute atomic E-state index is 0.0733. The van der Waals surface area contributed by atoms with Gasteiger partial charge in [-0.15, -0.1) is 0 Å². The molecule has 7 rings (SSSR count). The molecule has 5 nitrogen and oxygen atoms in total. The van der Waals surface area contributed by atoms with Gasteiger partial charge in [0.2, 0.25) is 5.78 Å². The summed E-state index contributed by atoms with van der Waals surface area (Å²) in [6.07, 6.45) is 9.95. The Morgan fingerprint density at radius 3 is 2.55 bits per heavy atom. The van der Waals surface area contributed by atoms with Crippen LogP contribution in [0, 0.1) is 34.5 Å². The number of nitrogens with one attached hydrogen (secondary N) is 1. The van der Waals surface area contributed by atoms with Crippen LogP contribution in [-0.2, 0) is 0 Å². The number of ketones is 1. The highest BCUT2D eigenvalue weighted by molar-refractivity contribution is 6.09. The maximum Gasteiger partial charge on any atom is 0.253 e. The maximum atomic E-state index is 13.1. The number of aromatic nitrogens is 1. The smallest absolute Gasteiger partial charge is 0.253 e. The molecule has 4 aliphatic carbocycles. The standard InChI is InChI=1S/C28H27N3O2/c29-16-18-3-5-22(6-4-18)26(32)25-8-7-24-23(2-1-9-31(24)25)27(33)30-17-21-11-19-10-20-13-28(12-19,14-20)15-21/h1-9,19-21H,10-15,17H2,(H,30,33). The van der Waals surface area contributed by atoms with Crippen molar-refractivity contribution in [2.45, 2.75) is 38.5 Å². The highest BCUT2D eigenvalue weighted by atomic mass is 16.1. The second-order valence-electron chi connectivity index (χ2n) is 10.5. The number of hydrogen-bond donors (Lipinski definition) is 1. The predicted octanol–water partition coefficient (Wildman–Crippen LogP) is 4.99. The number of pyridine rings is 1. The van der Waals surface area contributed by atoms with Gasteiger partial charge in [0, 0.05) is 18.3 Å². The van der Waals surface area contributed by atoms with Crippen molar-refractivity contribution in [1.29, 1.82) is 5.26 Å². The topological polar surface area (TPSA) is 74.4 Å². The van der Waals surface area contributed by atoms with E-state index in [1.165, 1.54) is 38.5 Å². The first kappa shape index (κ1) is 20.2. The van der Waals surface area contributed by atoms with Crippen molar-refractivity contribution in [3.63, 3.8) is 0 Å². The lowest BCUT2D eigenvalue weighted by atomic mass is 9.45. The van der Waals surface area contributed by atoms with Gasteiger partial charge in [-0.3, -0.25) is 9.59 Å². The Balaban J connectivity index is 1.19. The van der Waals surface area contributed by atoms with Crippen molar-refractivity contribution >= 4 is 17.2 Å². The summed E-state index contributed by atoms with van der Waals surface area (Å²) in [6, 6.07) is 15.9. The fraction of sp³-hybridized carbons (Fsp3) is 0.393. The molecule has 3 aromatic rings. The number of nitriles is 1. The fourth-order valence-corrected chi connectivity index (χ4v) is 7.11. The van der Waals surface area contributed by atoms with E-state index in [0.717, 1.165) is 23.9 Å². The molecule has 2 aromatic heterocycles. The van der Waals surface area contributed by atoms with E-state index in [2.05, 4.69) is 11.4 Å². The van der Waals surface area contributed by atoms with Gasteiger partial charge in [-0.25, -0.2) is 0 Å². The number of carbonyl (C=O) groups is 2. The molecule has 0 aliphatic heterocycles. The van der Waals surface area contributed by atoms with Gasteiger partial charge >= 0.3 is 0 Å². The van der Waals surface area contributed by atoms with E-state index in [4.69, 9.17) is 5.26 Å². The largest absolute Gasteiger partial charge is 0.352 e. The summed E-state index contributed by atoms with van der Waals surface area (Å²) < 4.78 is 1.79. The third kappa shape index (κ3) is 3.45. The van der Waals surface area contributed by atoms with Gasteiger partial charge in [-0.2, -0.15) is 5.26 Å². The minimum Gasteiger partial charge on any atom is -0.352 e. The molecule has 4 aliphatic rings. The average molecular weight is 438 g/mol. The van der Waals surface area contributed by atoms with E-state index in [1.54, 1.807) is 34.7 Å². The Morgan fingerprint density at radius 1 is 1.00 bits per heavy atom. The molecule has 0 saturated heterocycles. The molecular weight excluding hydrogens is 410 g/mol. The third-order valence-electron chi connectivity index (χ3n) is 8.22. The Kier molecular flexibility index (Phi) is 4.65. The lowest BCUT2D eigenvalue weighted by Crippen LogP contribution is -2.51. The van der Waals surface area contributed by atoms with Crippen molar-refractivity contribution in [2.24, 2.45) is 23.2 Å². The monoisotopic (exact) mass is 437 g/mol. The Bertz CT molecular complexity index is 1290. The summed E-state index contributed by atoms with van der Waals surface area (Å²) in [5.74, 6) is 2.21. The van der Waals surface area contributed by atoms with Crippen LogP contribution in [-0.4, -0.2) is 22.6 Å². The quantitative estimate of drug-likeness (QED) is 0.572. The van der Waals surface area contributed by atoms with Crippen molar-refractivity contribution in [2.75, 3.05) is 6.54 Å². The highest BCUT2D eigenvalue weighted by Gasteiger charge is 2.53. The molecule has 3 bridgehead atoms. The van der Waals surface area contributed by atoms with Crippen LogP contribution in [0.4, 0.5) is 0 Å². The van der Waals surface area contributed by atoms with E-state index in [-0.39, 0.29) is 11.7 Å². The first-order valence-corrected chi connectivity index (χ1v) is 12.0. The van der Waals surface area contributed by atoms with Crippen LogP contribution < -0.4 is 5.32 Å². The first-order valence-electron chi connectivity index (χ1n) is 12.0. The fourth-order valence-electron chi connectivity index (χ4n) is 7.11. The first-order chi connectivity index (χ1) is 16.0. The number of amides is 1. The number of nitrogens with zero attached hydrogens (tertiary/aromatic N) is 2. The number of hydrogen-bond acceptors (Lipinski definition) is 3. The molecule has 1 spiro atoms. The van der Waals surface area contributed by atoms with Crippen LogP contribution in [0.3, 0.4) is 0 Å². The van der Waals surface area contributed by atoms with Crippen molar-refractivity contribution in [1.82, 2.24) is 9.72 Å². The average Bonchev–Trinajstić information content (AvgIpc) is 3.25. The van der Waals surface area contributed by atoms with Gasteiger partial charge in [0.15, 0.2) is 0 Å². The zero-order chi connectivity index (χ0) is 22.6. The number of benzene rings is 1. The van der Waals surface area contributed by atoms with Gasteiger partial charge in [0.25, 0.3) is 5.91 Å². The molecule has 1 N–H and O–H groups in total. The number of fused-ring (bicyclic) bond motifs is 1. The Hall–Kier alpha value is -3.39. The van der Waals surface area contributed by atoms with E-state index < -0.39 is 0 Å². The van der Waals surface area contributed by atoms with Crippen molar-refractivity contribution in [3.8, 4) is 6.07 Å². The molecule has 5 heteroatoms. The molecule has 1 amide bonds. The van der Waals surface area contributed by atoms with E-state index in [1.807, 2.05) is 24.4 Å². The summed E-state index contributed by atoms with van der Waals surface area (Å²) >= 11 is 0. The molecule has 4 saturated carbocycles. The molecule has 166 valence electrons. The molecule has 33 heavy (non-hydrogen) atoms. The number of rotatable bonds is 5. The maximum absolute atomic E-state index is 13.1. The van der Waals surface area contributed by atoms with Gasteiger partial charge < -0.3 is 9.72 Å². The molecule has 2 atom stereocenters. The van der Waals surface area contributed by atoms with Crippen LogP contribution in [0.25, 0.3) is 5.52 Å². The molecule has 1 aromatic carbocycles. The molecular formula is C28H27N3O2. The Labute approximate surface area is 193 Å². The molecule has 2 heterocycles. The summed E-state index contributed by atoms with van der Waals surface area (Å²) in [6.45, 7) is 0.737. The van der Waals surface area contributed by atoms with Crippen LogP contribution in [0.15, 0.2) is 54.7 Å². The van der Waals surface area contributed by atoms with Crippen LogP contribution in [0.5, 0.6) is 0 Å². The van der Waals surface area contributed by atoms with E-state index >= 15 is 0 Å². The normalized spacial score (nSPS) is 27.4. The van der Waals surface area contributed by atoms with E-state index in [0.29, 0.717) is 33.7 Å². The van der Waals surface area contributed by atoms with Crippen LogP contribution >= 0.6 is 0 Å². The van der Waals surface area contributed by atoms with Crippen LogP contribution in [0.1, 0.15) is 70.5 Å². The van der Waals surface area contributed by atoms with Gasteiger partial charge in [-0.05, 0) is 110 Å².